The van der Waals surface area contributed by atoms with Crippen LogP contribution >= 0.6 is 21.6 Å². The number of primary amides is 3. The van der Waals surface area contributed by atoms with E-state index in [9.17, 15) is 57.8 Å². The molecule has 2 aliphatic rings. The molecule has 0 spiro atoms. The first kappa shape index (κ1) is 58.2. The average molecular weight is 1020 g/mol. The van der Waals surface area contributed by atoms with Crippen molar-refractivity contribution in [2.45, 2.75) is 128 Å². The van der Waals surface area contributed by atoms with E-state index < -0.39 is 133 Å². The van der Waals surface area contributed by atoms with Crippen LogP contribution in [0.1, 0.15) is 84.6 Å². The number of nitrogens with one attached hydrogen (secondary N) is 5. The number of nitrogens with zero attached hydrogens (tertiary/aromatic N) is 3. The minimum absolute atomic E-state index is 0.0209. The van der Waals surface area contributed by atoms with Gasteiger partial charge in [-0.3, -0.25) is 52.7 Å². The van der Waals surface area contributed by atoms with Crippen LogP contribution in [0.4, 0.5) is 0 Å². The maximum Gasteiger partial charge on any atom is 0.246 e. The molecule has 0 aliphatic carbocycles. The van der Waals surface area contributed by atoms with E-state index >= 15 is 0 Å². The zero-order valence-corrected chi connectivity index (χ0v) is 42.2. The maximum absolute atomic E-state index is 14.7. The van der Waals surface area contributed by atoms with E-state index in [1.165, 1.54) is 46.8 Å². The summed E-state index contributed by atoms with van der Waals surface area (Å²) in [6.07, 6.45) is -0.568. The molecule has 388 valence electrons. The molecule has 23 nitrogen and oxygen atoms in total. The van der Waals surface area contributed by atoms with Gasteiger partial charge in [0.2, 0.25) is 65.0 Å². The summed E-state index contributed by atoms with van der Waals surface area (Å²) >= 11 is 0. The first-order valence-electron chi connectivity index (χ1n) is 23.1. The lowest BCUT2D eigenvalue weighted by Gasteiger charge is -2.36. The monoisotopic (exact) mass is 1020 g/mol. The van der Waals surface area contributed by atoms with Crippen LogP contribution in [0.15, 0.2) is 24.3 Å². The summed E-state index contributed by atoms with van der Waals surface area (Å²) in [5.41, 5.74) is 16.8. The standard InChI is InChI=1S/C45H69N11O12S2/c1-7-25(4)38-42(65)51-28(14-15-34(46)58)40(63)53-31(21-35(47)59)43(66)54(5)33(23-70-69-18-16-37(61)50-30(44(67)55(38)6)20-26-10-12-27(57)13-11-26)45(68)56-17-8-9-32(56)41(64)52-29(19-24(2)3)39(62)49-22-36(48)60/h10-13,24-25,28-33,38,57H,7-9,14-23H2,1-6H3,(H2,46,58)(H2,47,59)(H2,48,60)(H,49,62)(H,50,61)(H,51,65)(H,52,64)(H,53,63)/t25-,28-,29-,30-,31-,32-,33-,38-/m0/s1. The van der Waals surface area contributed by atoms with E-state index in [4.69, 9.17) is 17.2 Å². The molecule has 1 aromatic carbocycles. The highest BCUT2D eigenvalue weighted by molar-refractivity contribution is 8.76. The van der Waals surface area contributed by atoms with Gasteiger partial charge in [0.05, 0.1) is 13.0 Å². The Hall–Kier alpha value is -6.11. The first-order valence-corrected chi connectivity index (χ1v) is 25.6. The van der Waals surface area contributed by atoms with Crippen LogP contribution in [-0.4, -0.2) is 166 Å². The Kier molecular flexibility index (Phi) is 23.2. The fourth-order valence-electron chi connectivity index (χ4n) is 8.06. The molecule has 0 unspecified atom stereocenters. The molecule has 3 rings (SSSR count). The van der Waals surface area contributed by atoms with E-state index in [0.717, 1.165) is 15.7 Å². The SMILES string of the molecule is CC[C@H](C)[C@H]1C(=O)N[C@@H](CCC(N)=O)C(=O)N[C@@H](CC(N)=O)C(=O)N(C)[C@H](C(=O)N2CCC[C@H]2C(=O)N[C@@H](CC(C)C)C(=O)NCC(N)=O)CSSCCC(=O)N[C@@H](Cc2ccc(O)cc2)C(=O)N1C. The van der Waals surface area contributed by atoms with Gasteiger partial charge >= 0.3 is 0 Å². The van der Waals surface area contributed by atoms with Gasteiger partial charge in [0.1, 0.15) is 48.0 Å². The molecule has 2 fully saturated rings. The quantitative estimate of drug-likeness (QED) is 0.0774. The molecule has 11 amide bonds. The molecule has 1 aromatic rings. The van der Waals surface area contributed by atoms with E-state index in [-0.39, 0.29) is 61.8 Å². The number of likely N-dealkylation sites (tertiary alicyclic amines) is 1. The van der Waals surface area contributed by atoms with Crippen molar-refractivity contribution in [3.8, 4) is 5.75 Å². The highest BCUT2D eigenvalue weighted by Gasteiger charge is 2.43. The number of carbonyl (C=O) groups is 11. The predicted octanol–water partition coefficient (Wildman–Crippen LogP) is -1.86. The number of aromatic hydroxyl groups is 1. The van der Waals surface area contributed by atoms with Gasteiger partial charge in [-0.25, -0.2) is 0 Å². The number of nitrogens with two attached hydrogens (primary N) is 3. The highest BCUT2D eigenvalue weighted by Crippen LogP contribution is 2.28. The Morgan fingerprint density at radius 2 is 1.46 bits per heavy atom. The van der Waals surface area contributed by atoms with E-state index in [0.29, 0.717) is 18.4 Å². The second kappa shape index (κ2) is 27.9. The summed E-state index contributed by atoms with van der Waals surface area (Å²) in [6.45, 7) is 6.76. The number of benzene rings is 1. The smallest absolute Gasteiger partial charge is 0.246 e. The fourth-order valence-corrected chi connectivity index (χ4v) is 10.3. The summed E-state index contributed by atoms with van der Waals surface area (Å²) in [7, 11) is 4.94. The molecular formula is C45H69N11O12S2. The van der Waals surface area contributed by atoms with Crippen LogP contribution < -0.4 is 43.8 Å². The Bertz CT molecular complexity index is 2080. The number of phenols is 1. The third kappa shape index (κ3) is 17.7. The molecule has 0 radical (unpaired) electrons. The first-order chi connectivity index (χ1) is 32.9. The van der Waals surface area contributed by atoms with Crippen molar-refractivity contribution < 1.29 is 57.8 Å². The van der Waals surface area contributed by atoms with Gasteiger partial charge in [0.25, 0.3) is 0 Å². The minimum Gasteiger partial charge on any atom is -0.508 e. The molecule has 2 saturated heterocycles. The lowest BCUT2D eigenvalue weighted by atomic mass is 9.95. The second-order valence-electron chi connectivity index (χ2n) is 18.0. The third-order valence-electron chi connectivity index (χ3n) is 12.0. The average Bonchev–Trinajstić information content (AvgIpc) is 3.79. The number of rotatable bonds is 17. The van der Waals surface area contributed by atoms with Crippen molar-refractivity contribution in [1.82, 2.24) is 41.3 Å². The number of amides is 11. The van der Waals surface area contributed by atoms with Crippen LogP contribution in [0.25, 0.3) is 0 Å². The van der Waals surface area contributed by atoms with Gasteiger partial charge in [-0.1, -0.05) is 67.8 Å². The Morgan fingerprint density at radius 3 is 2.06 bits per heavy atom. The highest BCUT2D eigenvalue weighted by atomic mass is 33.1. The molecule has 25 heteroatoms. The molecule has 0 saturated carbocycles. The largest absolute Gasteiger partial charge is 0.508 e. The molecular weight excluding hydrogens is 951 g/mol. The molecule has 2 heterocycles. The third-order valence-corrected chi connectivity index (χ3v) is 14.4. The molecule has 2 aliphatic heterocycles. The van der Waals surface area contributed by atoms with Gasteiger partial charge < -0.3 is 63.6 Å². The molecule has 70 heavy (non-hydrogen) atoms. The second-order valence-corrected chi connectivity index (χ2v) is 20.6. The Balaban J connectivity index is 2.09. The summed E-state index contributed by atoms with van der Waals surface area (Å²) in [5.74, 6) is -9.22. The van der Waals surface area contributed by atoms with E-state index in [2.05, 4.69) is 26.6 Å². The maximum atomic E-state index is 14.7. The lowest BCUT2D eigenvalue weighted by Crippen LogP contribution is -2.61. The summed E-state index contributed by atoms with van der Waals surface area (Å²) in [4.78, 5) is 152. The lowest BCUT2D eigenvalue weighted by molar-refractivity contribution is -0.148. The molecule has 0 aromatic heterocycles. The van der Waals surface area contributed by atoms with Crippen LogP contribution in [0.2, 0.25) is 0 Å². The molecule has 0 bridgehead atoms. The van der Waals surface area contributed by atoms with Crippen LogP contribution in [0.3, 0.4) is 0 Å². The van der Waals surface area contributed by atoms with Gasteiger partial charge in [-0.05, 0) is 55.2 Å². The zero-order valence-electron chi connectivity index (χ0n) is 40.5. The van der Waals surface area contributed by atoms with Crippen molar-refractivity contribution in [2.75, 3.05) is 38.7 Å². The van der Waals surface area contributed by atoms with Crippen molar-refractivity contribution in [3.63, 3.8) is 0 Å². The van der Waals surface area contributed by atoms with Gasteiger partial charge in [-0.2, -0.15) is 0 Å². The minimum atomic E-state index is -1.71. The van der Waals surface area contributed by atoms with Crippen molar-refractivity contribution in [3.05, 3.63) is 29.8 Å². The van der Waals surface area contributed by atoms with Crippen LogP contribution in [0.5, 0.6) is 5.75 Å². The normalized spacial score (nSPS) is 23.4. The van der Waals surface area contributed by atoms with Crippen LogP contribution in [0, 0.1) is 11.8 Å². The summed E-state index contributed by atoms with van der Waals surface area (Å²) in [5, 5.41) is 22.9. The van der Waals surface area contributed by atoms with Crippen LogP contribution in [-0.2, 0) is 59.2 Å². The number of hydrogen-bond acceptors (Lipinski definition) is 14. The van der Waals surface area contributed by atoms with Gasteiger partial charge in [-0.15, -0.1) is 0 Å². The molecule has 12 N–H and O–H groups in total. The number of likely N-dealkylation sites (N-methyl/N-ethyl adjacent to an activating group) is 2. The fraction of sp³-hybridized carbons (Fsp3) is 0.622. The van der Waals surface area contributed by atoms with Gasteiger partial charge in [0.15, 0.2) is 0 Å². The summed E-state index contributed by atoms with van der Waals surface area (Å²) < 4.78 is 0. The van der Waals surface area contributed by atoms with E-state index in [1.54, 1.807) is 26.0 Å². The zero-order chi connectivity index (χ0) is 52.4. The van der Waals surface area contributed by atoms with Crippen molar-refractivity contribution in [2.24, 2.45) is 29.0 Å². The number of hydrogen-bond donors (Lipinski definition) is 9. The van der Waals surface area contributed by atoms with E-state index in [1.807, 2.05) is 13.8 Å². The predicted molar refractivity (Wildman–Crippen MR) is 260 cm³/mol. The Morgan fingerprint density at radius 1 is 0.814 bits per heavy atom. The number of carbonyl (C=O) groups excluding carboxylic acids is 11. The molecule has 8 atom stereocenters. The van der Waals surface area contributed by atoms with Gasteiger partial charge in [0, 0.05) is 51.4 Å². The van der Waals surface area contributed by atoms with Crippen molar-refractivity contribution >= 4 is 86.6 Å². The number of phenolic OH excluding ortho intramolecular Hbond substituents is 1. The van der Waals surface area contributed by atoms with Crippen molar-refractivity contribution in [1.29, 1.82) is 0 Å². The Labute approximate surface area is 415 Å². The topological polar surface area (TPSA) is 356 Å². The summed E-state index contributed by atoms with van der Waals surface area (Å²) in [6, 6.07) is -3.25.